The molecule has 26 heavy (non-hydrogen) atoms. The van der Waals surface area contributed by atoms with E-state index < -0.39 is 35.1 Å². The molecular formula is C19H21NO6. The minimum atomic E-state index is -2.07. The van der Waals surface area contributed by atoms with E-state index in [2.05, 4.69) is 10.1 Å². The number of Topliss-reactive ketones (excluding diaryl/α,β-unsaturated/α-hetero) is 2. The first-order chi connectivity index (χ1) is 12.1. The number of methoxy groups -OCH3 is 1. The summed E-state index contributed by atoms with van der Waals surface area (Å²) in [4.78, 5) is 60.5. The van der Waals surface area contributed by atoms with E-state index in [0.717, 1.165) is 18.7 Å². The van der Waals surface area contributed by atoms with Crippen LogP contribution in [0.4, 0.5) is 5.69 Å². The zero-order chi connectivity index (χ0) is 20.0. The average Bonchev–Trinajstić information content (AvgIpc) is 2.55. The Morgan fingerprint density at radius 3 is 2.15 bits per heavy atom. The molecule has 0 aliphatic heterocycles. The zero-order valence-corrected chi connectivity index (χ0v) is 15.3. The second-order valence-electron chi connectivity index (χ2n) is 6.05. The van der Waals surface area contributed by atoms with Gasteiger partial charge in [-0.05, 0) is 45.4 Å². The van der Waals surface area contributed by atoms with E-state index >= 15 is 0 Å². The molecule has 0 fully saturated rings. The topological polar surface area (TPSA) is 107 Å². The molecule has 138 valence electrons. The molecule has 7 heteroatoms. The number of esters is 1. The van der Waals surface area contributed by atoms with Gasteiger partial charge in [0, 0.05) is 5.69 Å². The molecule has 0 aliphatic carbocycles. The first kappa shape index (κ1) is 21.0. The third-order valence-electron chi connectivity index (χ3n) is 3.48. The molecule has 0 spiro atoms. The number of anilines is 1. The molecule has 7 nitrogen and oxygen atoms in total. The van der Waals surface area contributed by atoms with Gasteiger partial charge in [0.15, 0.2) is 11.7 Å². The lowest BCUT2D eigenvalue weighted by Crippen LogP contribution is -2.42. The van der Waals surface area contributed by atoms with Gasteiger partial charge in [-0.2, -0.15) is 0 Å². The lowest BCUT2D eigenvalue weighted by atomic mass is 9.92. The Bertz CT molecular complexity index is 802. The molecule has 1 atom stereocenters. The molecule has 0 saturated carbocycles. The van der Waals surface area contributed by atoms with Crippen LogP contribution in [0.5, 0.6) is 0 Å². The number of carbonyl (C=O) groups excluding carboxylic acids is 5. The first-order valence-electron chi connectivity index (χ1n) is 7.81. The maximum atomic E-state index is 12.4. The number of amides is 1. The Morgan fingerprint density at radius 2 is 1.65 bits per heavy atom. The molecule has 0 saturated heterocycles. The van der Waals surface area contributed by atoms with Gasteiger partial charge in [-0.15, -0.1) is 0 Å². The number of ketones is 3. The van der Waals surface area contributed by atoms with Crippen LogP contribution in [0.2, 0.25) is 0 Å². The number of rotatable bonds is 7. The summed E-state index contributed by atoms with van der Waals surface area (Å²) in [5.41, 5.74) is 2.55. The van der Waals surface area contributed by atoms with Crippen molar-refractivity contribution in [3.8, 4) is 0 Å². The third kappa shape index (κ3) is 5.20. The maximum absolute atomic E-state index is 12.4. The lowest BCUT2D eigenvalue weighted by molar-refractivity contribution is -0.157. The van der Waals surface area contributed by atoms with Gasteiger partial charge in [0.2, 0.25) is 5.78 Å². The standard InChI is InChI=1S/C19H21NO6/c1-10(2)8-14(21)15(17(23)19(25)26-5)16(22)18(24)20-13-7-6-11(3)9-12(13)4/h6-9,15H,1-5H3,(H,20,24). The third-order valence-corrected chi connectivity index (χ3v) is 3.48. The number of hydrogen-bond acceptors (Lipinski definition) is 6. The number of nitrogens with one attached hydrogen (secondary N) is 1. The van der Waals surface area contributed by atoms with E-state index in [1.165, 1.54) is 0 Å². The summed E-state index contributed by atoms with van der Waals surface area (Å²) < 4.78 is 4.28. The van der Waals surface area contributed by atoms with Crippen LogP contribution in [0.25, 0.3) is 0 Å². The number of ether oxygens (including phenoxy) is 1. The van der Waals surface area contributed by atoms with Crippen LogP contribution in [0.3, 0.4) is 0 Å². The van der Waals surface area contributed by atoms with Gasteiger partial charge < -0.3 is 10.1 Å². The summed E-state index contributed by atoms with van der Waals surface area (Å²) in [6.45, 7) is 6.76. The fourth-order valence-electron chi connectivity index (χ4n) is 2.23. The molecule has 0 radical (unpaired) electrons. The normalized spacial score (nSPS) is 11.1. The fraction of sp³-hybridized carbons (Fsp3) is 0.316. The minimum absolute atomic E-state index is 0.368. The van der Waals surface area contributed by atoms with Crippen LogP contribution in [0.1, 0.15) is 25.0 Å². The van der Waals surface area contributed by atoms with E-state index in [1.54, 1.807) is 39.0 Å². The molecule has 1 unspecified atom stereocenters. The molecule has 1 amide bonds. The summed E-state index contributed by atoms with van der Waals surface area (Å²) in [6, 6.07) is 5.13. The maximum Gasteiger partial charge on any atom is 0.375 e. The van der Waals surface area contributed by atoms with Crippen LogP contribution in [-0.4, -0.2) is 36.3 Å². The van der Waals surface area contributed by atoms with Crippen LogP contribution in [0, 0.1) is 19.8 Å². The van der Waals surface area contributed by atoms with E-state index in [0.29, 0.717) is 16.8 Å². The van der Waals surface area contributed by atoms with Crippen molar-refractivity contribution in [2.45, 2.75) is 27.7 Å². The van der Waals surface area contributed by atoms with Crippen molar-refractivity contribution in [3.05, 3.63) is 41.0 Å². The molecule has 0 bridgehead atoms. The molecule has 0 heterocycles. The Kier molecular flexibility index (Phi) is 7.13. The van der Waals surface area contributed by atoms with E-state index in [-0.39, 0.29) is 0 Å². The summed E-state index contributed by atoms with van der Waals surface area (Å²) in [7, 11) is 0.947. The second kappa shape index (κ2) is 8.84. The fourth-order valence-corrected chi connectivity index (χ4v) is 2.23. The van der Waals surface area contributed by atoms with Crippen LogP contribution in [0.15, 0.2) is 29.8 Å². The highest BCUT2D eigenvalue weighted by atomic mass is 16.5. The minimum Gasteiger partial charge on any atom is -0.463 e. The highest BCUT2D eigenvalue weighted by molar-refractivity contribution is 6.55. The Morgan fingerprint density at radius 1 is 1.04 bits per heavy atom. The predicted octanol–water partition coefficient (Wildman–Crippen LogP) is 1.70. The number of allylic oxidation sites excluding steroid dienone is 2. The largest absolute Gasteiger partial charge is 0.463 e. The highest BCUT2D eigenvalue weighted by Gasteiger charge is 2.40. The van der Waals surface area contributed by atoms with Gasteiger partial charge in [-0.1, -0.05) is 23.3 Å². The van der Waals surface area contributed by atoms with E-state index in [1.807, 2.05) is 6.92 Å². The van der Waals surface area contributed by atoms with Crippen molar-refractivity contribution >= 4 is 34.9 Å². The number of aryl methyl sites for hydroxylation is 2. The van der Waals surface area contributed by atoms with Crippen molar-refractivity contribution < 1.29 is 28.7 Å². The molecule has 0 aromatic heterocycles. The van der Waals surface area contributed by atoms with Gasteiger partial charge in [0.1, 0.15) is 0 Å². The van der Waals surface area contributed by atoms with Crippen LogP contribution >= 0.6 is 0 Å². The number of carbonyl (C=O) groups is 5. The molecule has 1 aromatic rings. The molecule has 1 aromatic carbocycles. The SMILES string of the molecule is COC(=O)C(=O)C(C(=O)C=C(C)C)C(=O)C(=O)Nc1ccc(C)cc1C. The Labute approximate surface area is 151 Å². The van der Waals surface area contributed by atoms with Gasteiger partial charge in [0.25, 0.3) is 11.7 Å². The highest BCUT2D eigenvalue weighted by Crippen LogP contribution is 2.17. The Balaban J connectivity index is 3.16. The first-order valence-corrected chi connectivity index (χ1v) is 7.81. The second-order valence-corrected chi connectivity index (χ2v) is 6.05. The number of benzene rings is 1. The van der Waals surface area contributed by atoms with Crippen molar-refractivity contribution in [1.29, 1.82) is 0 Å². The molecular weight excluding hydrogens is 338 g/mol. The van der Waals surface area contributed by atoms with Gasteiger partial charge in [-0.25, -0.2) is 4.79 Å². The molecule has 0 aliphatic rings. The predicted molar refractivity (Wildman–Crippen MR) is 94.5 cm³/mol. The summed E-state index contributed by atoms with van der Waals surface area (Å²) >= 11 is 0. The summed E-state index contributed by atoms with van der Waals surface area (Å²) in [5.74, 6) is -8.23. The van der Waals surface area contributed by atoms with Crippen molar-refractivity contribution in [1.82, 2.24) is 0 Å². The van der Waals surface area contributed by atoms with Crippen molar-refractivity contribution in [3.63, 3.8) is 0 Å². The molecule has 1 rings (SSSR count). The molecule has 1 N–H and O–H groups in total. The lowest BCUT2D eigenvalue weighted by Gasteiger charge is -2.12. The van der Waals surface area contributed by atoms with Crippen LogP contribution < -0.4 is 5.32 Å². The quantitative estimate of drug-likeness (QED) is 0.344. The van der Waals surface area contributed by atoms with Crippen LogP contribution in [-0.2, 0) is 28.7 Å². The van der Waals surface area contributed by atoms with Gasteiger partial charge in [-0.3, -0.25) is 19.2 Å². The number of hydrogen-bond donors (Lipinski definition) is 1. The Hall–Kier alpha value is -3.09. The zero-order valence-electron chi connectivity index (χ0n) is 15.3. The van der Waals surface area contributed by atoms with E-state index in [9.17, 15) is 24.0 Å². The van der Waals surface area contributed by atoms with Gasteiger partial charge >= 0.3 is 5.97 Å². The summed E-state index contributed by atoms with van der Waals surface area (Å²) in [5, 5.41) is 2.37. The average molecular weight is 359 g/mol. The van der Waals surface area contributed by atoms with E-state index in [4.69, 9.17) is 0 Å². The van der Waals surface area contributed by atoms with Crippen molar-refractivity contribution in [2.75, 3.05) is 12.4 Å². The smallest absolute Gasteiger partial charge is 0.375 e. The monoisotopic (exact) mass is 359 g/mol. The van der Waals surface area contributed by atoms with Gasteiger partial charge in [0.05, 0.1) is 7.11 Å². The van der Waals surface area contributed by atoms with Crippen molar-refractivity contribution in [2.24, 2.45) is 5.92 Å². The summed E-state index contributed by atoms with van der Waals surface area (Å²) in [6.07, 6.45) is 1.04.